The highest BCUT2D eigenvalue weighted by atomic mass is 16.5. The number of carbonyl (C=O) groups excluding carboxylic acids is 2. The van der Waals surface area contributed by atoms with E-state index in [2.05, 4.69) is 37.9 Å². The summed E-state index contributed by atoms with van der Waals surface area (Å²) in [6, 6.07) is 7.70. The Balaban J connectivity index is 1.54. The fourth-order valence-electron chi connectivity index (χ4n) is 4.73. The van der Waals surface area contributed by atoms with Crippen LogP contribution < -0.4 is 5.32 Å². The molecule has 0 aliphatic carbocycles. The number of hydrogen-bond acceptors (Lipinski definition) is 4. The van der Waals surface area contributed by atoms with Crippen LogP contribution in [0.1, 0.15) is 56.5 Å². The second-order valence-corrected chi connectivity index (χ2v) is 9.34. The molecule has 2 fully saturated rings. The van der Waals surface area contributed by atoms with Gasteiger partial charge in [0.1, 0.15) is 0 Å². The summed E-state index contributed by atoms with van der Waals surface area (Å²) >= 11 is 0. The van der Waals surface area contributed by atoms with Gasteiger partial charge in [-0.2, -0.15) is 0 Å². The lowest BCUT2D eigenvalue weighted by molar-refractivity contribution is -0.136. The van der Waals surface area contributed by atoms with Crippen LogP contribution in [0.4, 0.5) is 0 Å². The van der Waals surface area contributed by atoms with Gasteiger partial charge in [-0.05, 0) is 51.7 Å². The van der Waals surface area contributed by atoms with Crippen LogP contribution in [0, 0.1) is 12.8 Å². The Bertz CT molecular complexity index is 716. The molecule has 1 N–H and O–H groups in total. The first-order valence-corrected chi connectivity index (χ1v) is 11.3. The second kappa shape index (κ2) is 9.92. The average molecular weight is 416 g/mol. The zero-order valence-electron chi connectivity index (χ0n) is 19.1. The highest BCUT2D eigenvalue weighted by molar-refractivity contribution is 5.94. The number of nitrogens with zero attached hydrogens (tertiary/aromatic N) is 2. The fourth-order valence-corrected chi connectivity index (χ4v) is 4.73. The number of nitrogens with one attached hydrogen (secondary N) is 1. The molecule has 2 saturated heterocycles. The van der Waals surface area contributed by atoms with E-state index in [0.29, 0.717) is 13.1 Å². The van der Waals surface area contributed by atoms with Crippen LogP contribution in [0.25, 0.3) is 0 Å². The summed E-state index contributed by atoms with van der Waals surface area (Å²) in [4.78, 5) is 30.1. The number of aryl methyl sites for hydroxylation is 1. The normalized spacial score (nSPS) is 24.7. The van der Waals surface area contributed by atoms with Crippen molar-refractivity contribution in [2.75, 3.05) is 26.2 Å². The molecule has 1 aromatic carbocycles. The standard InChI is InChI=1S/C24H37N3O3/c1-16(2)22(27-14-18(4)30-19(5)15-27)23(28)25-21-10-12-26(13-11-21)24(29)20-8-6-17(3)7-9-20/h6-9,16,18-19,21-22H,10-15H2,1-5H3,(H,25,28). The number of ether oxygens (including phenoxy) is 1. The summed E-state index contributed by atoms with van der Waals surface area (Å²) in [5.74, 6) is 0.413. The van der Waals surface area contributed by atoms with E-state index in [4.69, 9.17) is 4.74 Å². The number of amides is 2. The maximum atomic E-state index is 13.2. The van der Waals surface area contributed by atoms with Crippen molar-refractivity contribution in [3.63, 3.8) is 0 Å². The Morgan fingerprint density at radius 1 is 1.03 bits per heavy atom. The monoisotopic (exact) mass is 415 g/mol. The van der Waals surface area contributed by atoms with Crippen molar-refractivity contribution in [2.45, 2.75) is 71.8 Å². The predicted molar refractivity (Wildman–Crippen MR) is 118 cm³/mol. The Morgan fingerprint density at radius 2 is 1.60 bits per heavy atom. The van der Waals surface area contributed by atoms with Crippen LogP contribution in [0.3, 0.4) is 0 Å². The van der Waals surface area contributed by atoms with Crippen LogP contribution in [-0.2, 0) is 9.53 Å². The van der Waals surface area contributed by atoms with Gasteiger partial charge in [-0.15, -0.1) is 0 Å². The molecule has 0 aromatic heterocycles. The number of rotatable bonds is 5. The molecule has 6 nitrogen and oxygen atoms in total. The van der Waals surface area contributed by atoms with E-state index < -0.39 is 0 Å². The minimum absolute atomic E-state index is 0.0797. The molecule has 0 radical (unpaired) electrons. The smallest absolute Gasteiger partial charge is 0.253 e. The maximum absolute atomic E-state index is 13.2. The first-order valence-electron chi connectivity index (χ1n) is 11.3. The molecule has 6 heteroatoms. The Kier molecular flexibility index (Phi) is 7.53. The summed E-state index contributed by atoms with van der Waals surface area (Å²) in [6.07, 6.45) is 1.87. The summed E-state index contributed by atoms with van der Waals surface area (Å²) in [5, 5.41) is 3.27. The van der Waals surface area contributed by atoms with Crippen LogP contribution >= 0.6 is 0 Å². The lowest BCUT2D eigenvalue weighted by Gasteiger charge is -2.42. The molecule has 2 aliphatic heterocycles. The van der Waals surface area contributed by atoms with Gasteiger partial charge in [0.05, 0.1) is 18.2 Å². The molecule has 0 saturated carbocycles. The van der Waals surface area contributed by atoms with Crippen molar-refractivity contribution >= 4 is 11.8 Å². The molecule has 3 unspecified atom stereocenters. The number of piperidine rings is 1. The van der Waals surface area contributed by atoms with Crippen molar-refractivity contribution in [1.29, 1.82) is 0 Å². The number of morpholine rings is 1. The molecular weight excluding hydrogens is 378 g/mol. The Morgan fingerprint density at radius 3 is 2.13 bits per heavy atom. The largest absolute Gasteiger partial charge is 0.373 e. The quantitative estimate of drug-likeness (QED) is 0.803. The average Bonchev–Trinajstić information content (AvgIpc) is 2.67. The highest BCUT2D eigenvalue weighted by Crippen LogP contribution is 2.20. The summed E-state index contributed by atoms with van der Waals surface area (Å²) in [5.41, 5.74) is 1.88. The number of likely N-dealkylation sites (tertiary alicyclic amines) is 1. The molecule has 30 heavy (non-hydrogen) atoms. The molecular formula is C24H37N3O3. The molecule has 3 atom stereocenters. The van der Waals surface area contributed by atoms with E-state index in [1.165, 1.54) is 0 Å². The van der Waals surface area contributed by atoms with E-state index in [1.54, 1.807) is 0 Å². The zero-order valence-corrected chi connectivity index (χ0v) is 19.1. The van der Waals surface area contributed by atoms with Crippen LogP contribution in [-0.4, -0.2) is 72.1 Å². The minimum Gasteiger partial charge on any atom is -0.373 e. The molecule has 0 spiro atoms. The van der Waals surface area contributed by atoms with Crippen molar-refractivity contribution < 1.29 is 14.3 Å². The van der Waals surface area contributed by atoms with Crippen LogP contribution in [0.2, 0.25) is 0 Å². The predicted octanol–water partition coefficient (Wildman–Crippen LogP) is 2.85. The third-order valence-corrected chi connectivity index (χ3v) is 6.17. The maximum Gasteiger partial charge on any atom is 0.253 e. The third kappa shape index (κ3) is 5.61. The van der Waals surface area contributed by atoms with E-state index in [-0.39, 0.29) is 42.0 Å². The van der Waals surface area contributed by atoms with Gasteiger partial charge in [-0.25, -0.2) is 0 Å². The lowest BCUT2D eigenvalue weighted by Crippen LogP contribution is -2.58. The van der Waals surface area contributed by atoms with Crippen molar-refractivity contribution in [3.05, 3.63) is 35.4 Å². The van der Waals surface area contributed by atoms with Gasteiger partial charge in [-0.3, -0.25) is 14.5 Å². The number of hydrogen-bond donors (Lipinski definition) is 1. The van der Waals surface area contributed by atoms with Crippen molar-refractivity contribution in [3.8, 4) is 0 Å². The molecule has 1 aromatic rings. The zero-order chi connectivity index (χ0) is 21.8. The van der Waals surface area contributed by atoms with Gasteiger partial charge < -0.3 is 15.0 Å². The van der Waals surface area contributed by atoms with Crippen LogP contribution in [0.5, 0.6) is 0 Å². The minimum atomic E-state index is -0.147. The van der Waals surface area contributed by atoms with Gasteiger partial charge in [-0.1, -0.05) is 31.5 Å². The second-order valence-electron chi connectivity index (χ2n) is 9.34. The highest BCUT2D eigenvalue weighted by Gasteiger charge is 2.35. The summed E-state index contributed by atoms with van der Waals surface area (Å²) < 4.78 is 5.84. The van der Waals surface area contributed by atoms with Gasteiger partial charge in [0.2, 0.25) is 5.91 Å². The van der Waals surface area contributed by atoms with Gasteiger partial charge in [0.15, 0.2) is 0 Å². The van der Waals surface area contributed by atoms with E-state index >= 15 is 0 Å². The summed E-state index contributed by atoms with van der Waals surface area (Å²) in [6.45, 7) is 13.3. The topological polar surface area (TPSA) is 61.9 Å². The number of benzene rings is 1. The van der Waals surface area contributed by atoms with Crippen LogP contribution in [0.15, 0.2) is 24.3 Å². The van der Waals surface area contributed by atoms with Gasteiger partial charge in [0, 0.05) is 37.8 Å². The summed E-state index contributed by atoms with van der Waals surface area (Å²) in [7, 11) is 0. The van der Waals surface area contributed by atoms with E-state index in [1.807, 2.05) is 36.1 Å². The SMILES string of the molecule is Cc1ccc(C(=O)N2CCC(NC(=O)C(C(C)C)N3CC(C)OC(C)C3)CC2)cc1. The molecule has 2 amide bonds. The first kappa shape index (κ1) is 22.8. The fraction of sp³-hybridized carbons (Fsp3) is 0.667. The first-order chi connectivity index (χ1) is 14.2. The van der Waals surface area contributed by atoms with Crippen molar-refractivity contribution in [1.82, 2.24) is 15.1 Å². The van der Waals surface area contributed by atoms with E-state index in [9.17, 15) is 9.59 Å². The van der Waals surface area contributed by atoms with Gasteiger partial charge in [0.25, 0.3) is 5.91 Å². The molecule has 166 valence electrons. The molecule has 2 heterocycles. The Labute approximate surface area is 180 Å². The molecule has 3 rings (SSSR count). The third-order valence-electron chi connectivity index (χ3n) is 6.17. The Hall–Kier alpha value is -1.92. The number of carbonyl (C=O) groups is 2. The molecule has 0 bridgehead atoms. The van der Waals surface area contributed by atoms with Crippen molar-refractivity contribution in [2.24, 2.45) is 5.92 Å². The van der Waals surface area contributed by atoms with Gasteiger partial charge >= 0.3 is 0 Å². The lowest BCUT2D eigenvalue weighted by atomic mass is 9.97. The van der Waals surface area contributed by atoms with E-state index in [0.717, 1.165) is 37.1 Å². The molecule has 2 aliphatic rings.